The zero-order valence-corrected chi connectivity index (χ0v) is 7.51. The van der Waals surface area contributed by atoms with Crippen molar-refractivity contribution in [1.29, 1.82) is 0 Å². The van der Waals surface area contributed by atoms with Gasteiger partial charge in [-0.2, -0.15) is 13.2 Å². The molecule has 0 N–H and O–H groups in total. The molecule has 1 aromatic carbocycles. The third kappa shape index (κ3) is 1.77. The Morgan fingerprint density at radius 1 is 1.20 bits per heavy atom. The Bertz CT molecular complexity index is 448. The summed E-state index contributed by atoms with van der Waals surface area (Å²) < 4.78 is 37.0. The molecule has 1 amide bonds. The molecule has 0 aromatic heterocycles. The van der Waals surface area contributed by atoms with Gasteiger partial charge in [-0.05, 0) is 11.6 Å². The molecule has 0 unspecified atom stereocenters. The third-order valence-corrected chi connectivity index (χ3v) is 2.17. The second kappa shape index (κ2) is 3.18. The highest BCUT2D eigenvalue weighted by Gasteiger charge is 2.38. The summed E-state index contributed by atoms with van der Waals surface area (Å²) in [6.45, 7) is 0. The SMILES string of the molecule is O=C1N=C(C(F)(F)F)Cc2ccccc21. The maximum Gasteiger partial charge on any atom is 0.429 e. The summed E-state index contributed by atoms with van der Waals surface area (Å²) in [7, 11) is 0. The number of fused-ring (bicyclic) bond motifs is 1. The number of halogens is 3. The van der Waals surface area contributed by atoms with Gasteiger partial charge in [0.05, 0.1) is 0 Å². The molecule has 0 atom stereocenters. The van der Waals surface area contributed by atoms with Crippen LogP contribution in [-0.4, -0.2) is 17.8 Å². The van der Waals surface area contributed by atoms with Gasteiger partial charge in [0.1, 0.15) is 5.71 Å². The van der Waals surface area contributed by atoms with Gasteiger partial charge in [-0.3, -0.25) is 4.79 Å². The molecule has 78 valence electrons. The highest BCUT2D eigenvalue weighted by atomic mass is 19.4. The fraction of sp³-hybridized carbons (Fsp3) is 0.200. The fourth-order valence-electron chi connectivity index (χ4n) is 1.45. The van der Waals surface area contributed by atoms with Crippen LogP contribution in [0.1, 0.15) is 15.9 Å². The van der Waals surface area contributed by atoms with Crippen molar-refractivity contribution in [3.63, 3.8) is 0 Å². The van der Waals surface area contributed by atoms with E-state index in [1.54, 1.807) is 12.1 Å². The first-order valence-electron chi connectivity index (χ1n) is 4.25. The van der Waals surface area contributed by atoms with E-state index in [9.17, 15) is 18.0 Å². The van der Waals surface area contributed by atoms with Gasteiger partial charge in [0.25, 0.3) is 5.91 Å². The highest BCUT2D eigenvalue weighted by molar-refractivity contribution is 6.10. The van der Waals surface area contributed by atoms with Crippen LogP contribution in [0.5, 0.6) is 0 Å². The lowest BCUT2D eigenvalue weighted by Crippen LogP contribution is -2.29. The van der Waals surface area contributed by atoms with Gasteiger partial charge in [-0.1, -0.05) is 18.2 Å². The Kier molecular flexibility index (Phi) is 2.10. The van der Waals surface area contributed by atoms with Crippen molar-refractivity contribution in [3.05, 3.63) is 35.4 Å². The smallest absolute Gasteiger partial charge is 0.267 e. The molecular formula is C10H6F3NO. The van der Waals surface area contributed by atoms with Gasteiger partial charge in [-0.15, -0.1) is 0 Å². The van der Waals surface area contributed by atoms with Crippen molar-refractivity contribution in [1.82, 2.24) is 0 Å². The molecule has 1 aliphatic heterocycles. The maximum absolute atomic E-state index is 12.3. The summed E-state index contributed by atoms with van der Waals surface area (Å²) in [4.78, 5) is 14.3. The number of rotatable bonds is 0. The number of carbonyl (C=O) groups excluding carboxylic acids is 1. The van der Waals surface area contributed by atoms with Crippen LogP contribution in [0.2, 0.25) is 0 Å². The van der Waals surface area contributed by atoms with Crippen LogP contribution in [0.4, 0.5) is 13.2 Å². The van der Waals surface area contributed by atoms with E-state index in [0.717, 1.165) is 0 Å². The average molecular weight is 213 g/mol. The Hall–Kier alpha value is -1.65. The van der Waals surface area contributed by atoms with Gasteiger partial charge >= 0.3 is 6.18 Å². The quantitative estimate of drug-likeness (QED) is 0.650. The third-order valence-electron chi connectivity index (χ3n) is 2.17. The molecule has 2 rings (SSSR count). The van der Waals surface area contributed by atoms with E-state index >= 15 is 0 Å². The molecule has 0 saturated heterocycles. The molecule has 0 fully saturated rings. The van der Waals surface area contributed by atoms with E-state index in [4.69, 9.17) is 0 Å². The largest absolute Gasteiger partial charge is 0.429 e. The van der Waals surface area contributed by atoms with Crippen LogP contribution in [0, 0.1) is 0 Å². The van der Waals surface area contributed by atoms with Gasteiger partial charge < -0.3 is 0 Å². The molecule has 1 heterocycles. The predicted molar refractivity (Wildman–Crippen MR) is 48.0 cm³/mol. The van der Waals surface area contributed by atoms with Crippen LogP contribution in [0.15, 0.2) is 29.3 Å². The van der Waals surface area contributed by atoms with Gasteiger partial charge in [0.15, 0.2) is 0 Å². The molecule has 15 heavy (non-hydrogen) atoms. The maximum atomic E-state index is 12.3. The van der Waals surface area contributed by atoms with Crippen molar-refractivity contribution in [2.24, 2.45) is 4.99 Å². The summed E-state index contributed by atoms with van der Waals surface area (Å²) in [5.74, 6) is -0.816. The van der Waals surface area contributed by atoms with E-state index in [1.165, 1.54) is 12.1 Å². The summed E-state index contributed by atoms with van der Waals surface area (Å²) >= 11 is 0. The molecule has 5 heteroatoms. The molecule has 0 saturated carbocycles. The molecule has 1 aromatic rings. The Labute approximate surface area is 83.4 Å². The molecular weight excluding hydrogens is 207 g/mol. The number of carbonyl (C=O) groups is 1. The van der Waals surface area contributed by atoms with E-state index in [-0.39, 0.29) is 12.0 Å². The number of hydrogen-bond donors (Lipinski definition) is 0. The van der Waals surface area contributed by atoms with Crippen molar-refractivity contribution >= 4 is 11.6 Å². The zero-order valence-electron chi connectivity index (χ0n) is 7.51. The minimum Gasteiger partial charge on any atom is -0.267 e. The number of benzene rings is 1. The van der Waals surface area contributed by atoms with Crippen LogP contribution in [0.3, 0.4) is 0 Å². The predicted octanol–water partition coefficient (Wildman–Crippen LogP) is 2.39. The average Bonchev–Trinajstić information content (AvgIpc) is 2.16. The first kappa shape index (κ1) is 9.89. The number of hydrogen-bond acceptors (Lipinski definition) is 1. The van der Waals surface area contributed by atoms with Crippen molar-refractivity contribution in [2.45, 2.75) is 12.6 Å². The standard InChI is InChI=1S/C10H6F3NO/c11-10(12,13)8-5-6-3-1-2-4-7(6)9(15)14-8/h1-4H,5H2. The fourth-order valence-corrected chi connectivity index (χ4v) is 1.45. The van der Waals surface area contributed by atoms with Gasteiger partial charge in [0, 0.05) is 12.0 Å². The molecule has 0 radical (unpaired) electrons. The second-order valence-electron chi connectivity index (χ2n) is 3.20. The van der Waals surface area contributed by atoms with E-state index < -0.39 is 17.8 Å². The normalized spacial score (nSPS) is 15.9. The monoisotopic (exact) mass is 213 g/mol. The van der Waals surface area contributed by atoms with E-state index in [2.05, 4.69) is 4.99 Å². The van der Waals surface area contributed by atoms with Gasteiger partial charge in [-0.25, -0.2) is 4.99 Å². The van der Waals surface area contributed by atoms with E-state index in [0.29, 0.717) is 5.56 Å². The first-order valence-corrected chi connectivity index (χ1v) is 4.25. The summed E-state index contributed by atoms with van der Waals surface area (Å²) in [6.07, 6.45) is -4.85. The highest BCUT2D eigenvalue weighted by Crippen LogP contribution is 2.25. The van der Waals surface area contributed by atoms with Crippen molar-refractivity contribution < 1.29 is 18.0 Å². The number of aliphatic imine (C=N–C) groups is 1. The Balaban J connectivity index is 2.45. The van der Waals surface area contributed by atoms with E-state index in [1.807, 2.05) is 0 Å². The molecule has 2 nitrogen and oxygen atoms in total. The topological polar surface area (TPSA) is 29.4 Å². The first-order chi connectivity index (χ1) is 6.98. The summed E-state index contributed by atoms with van der Waals surface area (Å²) in [6, 6.07) is 6.19. The van der Waals surface area contributed by atoms with Crippen LogP contribution >= 0.6 is 0 Å². The van der Waals surface area contributed by atoms with Crippen LogP contribution in [0.25, 0.3) is 0 Å². The zero-order chi connectivity index (χ0) is 11.1. The number of amides is 1. The van der Waals surface area contributed by atoms with Crippen LogP contribution in [-0.2, 0) is 6.42 Å². The molecule has 0 spiro atoms. The molecule has 1 aliphatic rings. The Morgan fingerprint density at radius 2 is 1.87 bits per heavy atom. The lowest BCUT2D eigenvalue weighted by molar-refractivity contribution is -0.0603. The number of nitrogens with zero attached hydrogens (tertiary/aromatic N) is 1. The van der Waals surface area contributed by atoms with Gasteiger partial charge in [0.2, 0.25) is 0 Å². The lowest BCUT2D eigenvalue weighted by atomic mass is 9.98. The molecule has 0 aliphatic carbocycles. The Morgan fingerprint density at radius 3 is 2.53 bits per heavy atom. The minimum absolute atomic E-state index is 0.255. The summed E-state index contributed by atoms with van der Waals surface area (Å²) in [5, 5.41) is 0. The second-order valence-corrected chi connectivity index (χ2v) is 3.20. The molecule has 0 bridgehead atoms. The lowest BCUT2D eigenvalue weighted by Gasteiger charge is -2.16. The van der Waals surface area contributed by atoms with Crippen molar-refractivity contribution in [2.75, 3.05) is 0 Å². The minimum atomic E-state index is -4.52. The van der Waals surface area contributed by atoms with Crippen LogP contribution < -0.4 is 0 Å². The van der Waals surface area contributed by atoms with Crippen molar-refractivity contribution in [3.8, 4) is 0 Å². The summed E-state index contributed by atoms with van der Waals surface area (Å²) in [5.41, 5.74) is -0.387. The number of alkyl halides is 3.